The molecule has 2 aromatic rings. The van der Waals surface area contributed by atoms with Gasteiger partial charge in [-0.25, -0.2) is 8.42 Å². The van der Waals surface area contributed by atoms with Crippen LogP contribution in [0, 0.1) is 0 Å². The Labute approximate surface area is 194 Å². The van der Waals surface area contributed by atoms with E-state index in [-0.39, 0.29) is 22.9 Å². The van der Waals surface area contributed by atoms with Crippen molar-refractivity contribution in [2.24, 2.45) is 0 Å². The minimum absolute atomic E-state index is 0.00565. The number of ether oxygens (including phenoxy) is 1. The van der Waals surface area contributed by atoms with E-state index in [9.17, 15) is 13.2 Å². The van der Waals surface area contributed by atoms with E-state index in [0.29, 0.717) is 31.9 Å². The number of nitrogens with zero attached hydrogens (tertiary/aromatic N) is 2. The third-order valence-electron chi connectivity index (χ3n) is 6.28. The fourth-order valence-corrected chi connectivity index (χ4v) is 6.97. The minimum Gasteiger partial charge on any atom is -0.379 e. The number of carbonyl (C=O) groups excluding carboxylic acids is 1. The third-order valence-corrected chi connectivity index (χ3v) is 9.28. The van der Waals surface area contributed by atoms with Gasteiger partial charge in [-0.2, -0.15) is 4.31 Å². The van der Waals surface area contributed by atoms with Gasteiger partial charge < -0.3 is 10.1 Å². The normalized spacial score (nSPS) is 21.8. The predicted octanol–water partition coefficient (Wildman–Crippen LogP) is 3.11. The molecule has 2 aliphatic rings. The Morgan fingerprint density at radius 1 is 1.16 bits per heavy atom. The van der Waals surface area contributed by atoms with Crippen molar-refractivity contribution >= 4 is 27.3 Å². The SMILES string of the molecule is C[C@@H]1CCCCN1S(=O)(=O)c1ccc(C(=O)NC[C@@H](c2cccs2)N2CCOCC2)cc1. The summed E-state index contributed by atoms with van der Waals surface area (Å²) >= 11 is 1.69. The van der Waals surface area contributed by atoms with E-state index in [1.165, 1.54) is 4.88 Å². The van der Waals surface area contributed by atoms with Gasteiger partial charge in [0.1, 0.15) is 0 Å². The second-order valence-electron chi connectivity index (χ2n) is 8.37. The van der Waals surface area contributed by atoms with Crippen LogP contribution >= 0.6 is 11.3 Å². The summed E-state index contributed by atoms with van der Waals surface area (Å²) in [6.07, 6.45) is 2.83. The number of thiophene rings is 1. The van der Waals surface area contributed by atoms with Gasteiger partial charge in [-0.15, -0.1) is 11.3 Å². The maximum Gasteiger partial charge on any atom is 0.251 e. The summed E-state index contributed by atoms with van der Waals surface area (Å²) < 4.78 is 33.1. The van der Waals surface area contributed by atoms with Gasteiger partial charge in [0.2, 0.25) is 10.0 Å². The van der Waals surface area contributed by atoms with Crippen LogP contribution in [0.25, 0.3) is 0 Å². The summed E-state index contributed by atoms with van der Waals surface area (Å²) in [4.78, 5) is 16.6. The lowest BCUT2D eigenvalue weighted by Crippen LogP contribution is -2.43. The molecule has 2 atom stereocenters. The Hall–Kier alpha value is -1.78. The highest BCUT2D eigenvalue weighted by atomic mass is 32.2. The highest BCUT2D eigenvalue weighted by Gasteiger charge is 2.31. The molecule has 0 saturated carbocycles. The number of morpholine rings is 1. The first-order valence-electron chi connectivity index (χ1n) is 11.2. The molecule has 32 heavy (non-hydrogen) atoms. The molecule has 0 radical (unpaired) electrons. The monoisotopic (exact) mass is 477 g/mol. The van der Waals surface area contributed by atoms with Gasteiger partial charge in [0.05, 0.1) is 24.2 Å². The molecule has 1 amide bonds. The van der Waals surface area contributed by atoms with E-state index >= 15 is 0 Å². The maximum atomic E-state index is 13.0. The van der Waals surface area contributed by atoms with Gasteiger partial charge in [-0.3, -0.25) is 9.69 Å². The molecule has 0 aliphatic carbocycles. The van der Waals surface area contributed by atoms with E-state index in [1.54, 1.807) is 39.9 Å². The van der Waals surface area contributed by atoms with E-state index in [4.69, 9.17) is 4.74 Å². The molecular formula is C23H31N3O4S2. The summed E-state index contributed by atoms with van der Waals surface area (Å²) in [5.74, 6) is -0.199. The van der Waals surface area contributed by atoms with E-state index in [2.05, 4.69) is 16.3 Å². The molecule has 1 N–H and O–H groups in total. The lowest BCUT2D eigenvalue weighted by Gasteiger charge is -2.34. The topological polar surface area (TPSA) is 79.0 Å². The van der Waals surface area contributed by atoms with E-state index in [1.807, 2.05) is 18.4 Å². The molecule has 174 valence electrons. The number of carbonyl (C=O) groups is 1. The predicted molar refractivity (Wildman–Crippen MR) is 125 cm³/mol. The van der Waals surface area contributed by atoms with Gasteiger partial charge in [0.25, 0.3) is 5.91 Å². The van der Waals surface area contributed by atoms with Crippen LogP contribution in [0.2, 0.25) is 0 Å². The van der Waals surface area contributed by atoms with Crippen molar-refractivity contribution < 1.29 is 17.9 Å². The number of rotatable bonds is 7. The molecule has 2 saturated heterocycles. The highest BCUT2D eigenvalue weighted by molar-refractivity contribution is 7.89. The Kier molecular flexibility index (Phi) is 7.63. The molecule has 9 heteroatoms. The number of amides is 1. The Morgan fingerprint density at radius 3 is 2.56 bits per heavy atom. The van der Waals surface area contributed by atoms with Crippen LogP contribution in [0.4, 0.5) is 0 Å². The summed E-state index contributed by atoms with van der Waals surface area (Å²) in [5, 5.41) is 5.09. The fraction of sp³-hybridized carbons (Fsp3) is 0.522. The number of piperidine rings is 1. The smallest absolute Gasteiger partial charge is 0.251 e. The van der Waals surface area contributed by atoms with E-state index in [0.717, 1.165) is 32.4 Å². The molecular weight excluding hydrogens is 446 g/mol. The number of benzene rings is 1. The number of nitrogens with one attached hydrogen (secondary N) is 1. The van der Waals surface area contributed by atoms with Gasteiger partial charge in [-0.1, -0.05) is 12.5 Å². The molecule has 2 aliphatic heterocycles. The Bertz CT molecular complexity index is 987. The zero-order chi connectivity index (χ0) is 22.6. The third kappa shape index (κ3) is 5.23. The van der Waals surface area contributed by atoms with Crippen molar-refractivity contribution in [3.8, 4) is 0 Å². The molecule has 7 nitrogen and oxygen atoms in total. The summed E-state index contributed by atoms with van der Waals surface area (Å²) in [6, 6.07) is 10.5. The lowest BCUT2D eigenvalue weighted by atomic mass is 10.1. The second-order valence-corrected chi connectivity index (χ2v) is 11.2. The van der Waals surface area contributed by atoms with Crippen LogP contribution in [-0.4, -0.2) is 69.0 Å². The highest BCUT2D eigenvalue weighted by Crippen LogP contribution is 2.27. The quantitative estimate of drug-likeness (QED) is 0.663. The first kappa shape index (κ1) is 23.4. The van der Waals surface area contributed by atoms with Crippen molar-refractivity contribution in [3.63, 3.8) is 0 Å². The largest absolute Gasteiger partial charge is 0.379 e. The Balaban J connectivity index is 1.42. The Morgan fingerprint density at radius 2 is 1.91 bits per heavy atom. The summed E-state index contributed by atoms with van der Waals surface area (Å²) in [5.41, 5.74) is 0.461. The van der Waals surface area contributed by atoms with Gasteiger partial charge >= 0.3 is 0 Å². The standard InChI is InChI=1S/C23H31N3O4S2/c1-18-5-2-3-11-26(18)32(28,29)20-9-7-19(8-10-20)23(27)24-17-21(22-6-4-16-31-22)25-12-14-30-15-13-25/h4,6-10,16,18,21H,2-3,5,11-15,17H2,1H3,(H,24,27)/t18-,21+/m1/s1. The number of hydrogen-bond acceptors (Lipinski definition) is 6. The first-order valence-corrected chi connectivity index (χ1v) is 13.5. The molecule has 1 aromatic carbocycles. The van der Waals surface area contributed by atoms with Gasteiger partial charge in [0.15, 0.2) is 0 Å². The van der Waals surface area contributed by atoms with Crippen molar-refractivity contribution in [2.75, 3.05) is 39.4 Å². The zero-order valence-electron chi connectivity index (χ0n) is 18.4. The van der Waals surface area contributed by atoms with Crippen molar-refractivity contribution in [1.82, 2.24) is 14.5 Å². The number of sulfonamides is 1. The molecule has 0 spiro atoms. The molecule has 3 heterocycles. The molecule has 4 rings (SSSR count). The van der Waals surface area contributed by atoms with Crippen LogP contribution in [0.5, 0.6) is 0 Å². The van der Waals surface area contributed by atoms with E-state index < -0.39 is 10.0 Å². The van der Waals surface area contributed by atoms with Crippen LogP contribution in [0.1, 0.15) is 47.5 Å². The molecule has 0 bridgehead atoms. The fourth-order valence-electron chi connectivity index (χ4n) is 4.41. The van der Waals surface area contributed by atoms with Crippen LogP contribution in [0.3, 0.4) is 0 Å². The first-order chi connectivity index (χ1) is 15.5. The lowest BCUT2D eigenvalue weighted by molar-refractivity contribution is 0.0169. The molecule has 1 aromatic heterocycles. The molecule has 2 fully saturated rings. The maximum absolute atomic E-state index is 13.0. The second kappa shape index (κ2) is 10.4. The average Bonchev–Trinajstić information content (AvgIpc) is 3.35. The van der Waals surface area contributed by atoms with Crippen molar-refractivity contribution in [1.29, 1.82) is 0 Å². The summed E-state index contributed by atoms with van der Waals surface area (Å²) in [7, 11) is -3.54. The van der Waals surface area contributed by atoms with Gasteiger partial charge in [-0.05, 0) is 55.5 Å². The minimum atomic E-state index is -3.54. The van der Waals surface area contributed by atoms with Crippen LogP contribution < -0.4 is 5.32 Å². The van der Waals surface area contributed by atoms with Gasteiger partial charge in [0, 0.05) is 42.7 Å². The summed E-state index contributed by atoms with van der Waals surface area (Å²) in [6.45, 7) is 6.06. The zero-order valence-corrected chi connectivity index (χ0v) is 20.0. The van der Waals surface area contributed by atoms with Crippen molar-refractivity contribution in [2.45, 2.75) is 43.2 Å². The van der Waals surface area contributed by atoms with Crippen LogP contribution in [-0.2, 0) is 14.8 Å². The number of hydrogen-bond donors (Lipinski definition) is 1. The van der Waals surface area contributed by atoms with Crippen LogP contribution in [0.15, 0.2) is 46.7 Å². The average molecular weight is 478 g/mol. The molecule has 0 unspecified atom stereocenters. The van der Waals surface area contributed by atoms with Crippen molar-refractivity contribution in [3.05, 3.63) is 52.2 Å².